The van der Waals surface area contributed by atoms with Crippen LogP contribution in [0.15, 0.2) is 39.5 Å². The number of para-hydroxylation sites is 1. The highest BCUT2D eigenvalue weighted by Gasteiger charge is 2.31. The van der Waals surface area contributed by atoms with Crippen LogP contribution in [0.25, 0.3) is 11.0 Å². The number of rotatable bonds is 5. The highest BCUT2D eigenvalue weighted by Crippen LogP contribution is 2.43. The Bertz CT molecular complexity index is 1260. The molecule has 1 N–H and O–H groups in total. The smallest absolute Gasteiger partial charge is 0.340 e. The second-order valence-electron chi connectivity index (χ2n) is 8.85. The molecule has 0 unspecified atom stereocenters. The Morgan fingerprint density at radius 2 is 2.00 bits per heavy atom. The van der Waals surface area contributed by atoms with E-state index in [4.69, 9.17) is 13.9 Å². The molecule has 0 spiro atoms. The lowest BCUT2D eigenvalue weighted by molar-refractivity contribution is -0.115. The van der Waals surface area contributed by atoms with Gasteiger partial charge in [-0.3, -0.25) is 4.79 Å². The number of hydrogen-bond donors (Lipinski definition) is 1. The number of ether oxygens (including phenoxy) is 2. The van der Waals surface area contributed by atoms with Crippen LogP contribution in [-0.2, 0) is 24.1 Å². The highest BCUT2D eigenvalue weighted by molar-refractivity contribution is 5.96. The van der Waals surface area contributed by atoms with Gasteiger partial charge < -0.3 is 19.2 Å². The molecule has 0 fully saturated rings. The number of anilines is 1. The molecule has 1 aromatic heterocycles. The summed E-state index contributed by atoms with van der Waals surface area (Å²) in [6.07, 6.45) is 2.27. The molecule has 1 amide bonds. The van der Waals surface area contributed by atoms with E-state index in [9.17, 15) is 9.59 Å². The molecule has 168 valence electrons. The Kier molecular flexibility index (Phi) is 5.71. The van der Waals surface area contributed by atoms with Gasteiger partial charge >= 0.3 is 5.63 Å². The zero-order valence-corrected chi connectivity index (χ0v) is 19.3. The van der Waals surface area contributed by atoms with Crippen molar-refractivity contribution in [1.29, 1.82) is 0 Å². The third-order valence-electron chi connectivity index (χ3n) is 6.17. The van der Waals surface area contributed by atoms with Crippen LogP contribution in [0.2, 0.25) is 0 Å². The summed E-state index contributed by atoms with van der Waals surface area (Å²) in [6, 6.07) is 9.51. The largest absolute Gasteiger partial charge is 0.496 e. The van der Waals surface area contributed by atoms with Gasteiger partial charge in [-0.05, 0) is 57.2 Å². The first kappa shape index (κ1) is 21.9. The van der Waals surface area contributed by atoms with Crippen LogP contribution in [0.5, 0.6) is 11.5 Å². The minimum absolute atomic E-state index is 0.0775. The molecule has 0 aliphatic carbocycles. The van der Waals surface area contributed by atoms with E-state index >= 15 is 0 Å². The van der Waals surface area contributed by atoms with Crippen molar-refractivity contribution in [3.05, 3.63) is 63.0 Å². The van der Waals surface area contributed by atoms with Gasteiger partial charge in [-0.25, -0.2) is 4.79 Å². The second-order valence-corrected chi connectivity index (χ2v) is 8.85. The van der Waals surface area contributed by atoms with E-state index < -0.39 is 5.63 Å². The van der Waals surface area contributed by atoms with E-state index in [1.807, 2.05) is 58.0 Å². The molecule has 32 heavy (non-hydrogen) atoms. The first-order chi connectivity index (χ1) is 15.2. The van der Waals surface area contributed by atoms with Gasteiger partial charge in [0.15, 0.2) is 0 Å². The first-order valence-electron chi connectivity index (χ1n) is 11.0. The van der Waals surface area contributed by atoms with Crippen LogP contribution in [0.3, 0.4) is 0 Å². The summed E-state index contributed by atoms with van der Waals surface area (Å²) in [7, 11) is 1.58. The Labute approximate surface area is 187 Å². The number of benzene rings is 2. The van der Waals surface area contributed by atoms with Crippen LogP contribution in [0.1, 0.15) is 49.4 Å². The van der Waals surface area contributed by atoms with Crippen molar-refractivity contribution in [2.75, 3.05) is 12.4 Å². The summed E-state index contributed by atoms with van der Waals surface area (Å²) in [5.41, 5.74) is 3.38. The van der Waals surface area contributed by atoms with Crippen molar-refractivity contribution in [2.45, 2.75) is 59.0 Å². The Morgan fingerprint density at radius 3 is 2.72 bits per heavy atom. The molecule has 3 aromatic rings. The molecule has 0 saturated carbocycles. The summed E-state index contributed by atoms with van der Waals surface area (Å²) >= 11 is 0. The lowest BCUT2D eigenvalue weighted by Gasteiger charge is -2.33. The van der Waals surface area contributed by atoms with Crippen molar-refractivity contribution >= 4 is 22.6 Å². The van der Waals surface area contributed by atoms with E-state index in [1.165, 1.54) is 0 Å². The van der Waals surface area contributed by atoms with Crippen molar-refractivity contribution < 1.29 is 18.7 Å². The summed E-state index contributed by atoms with van der Waals surface area (Å²) in [6.45, 7) is 7.94. The molecule has 1 aliphatic heterocycles. The maximum Gasteiger partial charge on any atom is 0.340 e. The molecule has 2 aromatic carbocycles. The Hall–Kier alpha value is -3.28. The fraction of sp³-hybridized carbons (Fsp3) is 0.385. The predicted molar refractivity (Wildman–Crippen MR) is 125 cm³/mol. The maximum atomic E-state index is 12.9. The van der Waals surface area contributed by atoms with E-state index in [-0.39, 0.29) is 17.9 Å². The topological polar surface area (TPSA) is 77.8 Å². The minimum atomic E-state index is -0.505. The van der Waals surface area contributed by atoms with Crippen LogP contribution >= 0.6 is 0 Å². The number of nitrogens with one attached hydrogen (secondary N) is 1. The highest BCUT2D eigenvalue weighted by atomic mass is 16.5. The lowest BCUT2D eigenvalue weighted by Crippen LogP contribution is -2.32. The normalized spacial score (nSPS) is 14.5. The number of methoxy groups -OCH3 is 1. The third kappa shape index (κ3) is 3.97. The summed E-state index contributed by atoms with van der Waals surface area (Å²) in [5.74, 6) is 0.980. The first-order valence-corrected chi connectivity index (χ1v) is 11.0. The molecule has 6 heteroatoms. The quantitative estimate of drug-likeness (QED) is 0.573. The molecular weight excluding hydrogens is 406 g/mol. The fourth-order valence-electron chi connectivity index (χ4n) is 4.35. The zero-order chi connectivity index (χ0) is 23.0. The van der Waals surface area contributed by atoms with Crippen LogP contribution in [0.4, 0.5) is 5.69 Å². The third-order valence-corrected chi connectivity index (χ3v) is 6.17. The number of carbonyl (C=O) groups excluding carboxylic acids is 1. The van der Waals surface area contributed by atoms with E-state index in [2.05, 4.69) is 5.32 Å². The van der Waals surface area contributed by atoms with Crippen LogP contribution < -0.4 is 20.4 Å². The Morgan fingerprint density at radius 1 is 1.25 bits per heavy atom. The molecule has 0 saturated heterocycles. The number of fused-ring (bicyclic) bond motifs is 3. The molecule has 1 aliphatic rings. The molecule has 2 heterocycles. The number of hydrogen-bond acceptors (Lipinski definition) is 5. The average molecular weight is 436 g/mol. The van der Waals surface area contributed by atoms with Gasteiger partial charge in [0.25, 0.3) is 0 Å². The van der Waals surface area contributed by atoms with Crippen molar-refractivity contribution in [3.63, 3.8) is 0 Å². The predicted octanol–water partition coefficient (Wildman–Crippen LogP) is 4.96. The van der Waals surface area contributed by atoms with E-state index in [1.54, 1.807) is 7.11 Å². The van der Waals surface area contributed by atoms with Gasteiger partial charge in [-0.15, -0.1) is 0 Å². The van der Waals surface area contributed by atoms with Gasteiger partial charge in [0.1, 0.15) is 22.7 Å². The lowest BCUT2D eigenvalue weighted by atomic mass is 9.91. The minimum Gasteiger partial charge on any atom is -0.496 e. The van der Waals surface area contributed by atoms with E-state index in [0.717, 1.165) is 36.1 Å². The number of aryl methyl sites for hydroxylation is 3. The molecular formula is C26H29NO5. The Balaban J connectivity index is 1.75. The number of amides is 1. The zero-order valence-electron chi connectivity index (χ0n) is 19.3. The van der Waals surface area contributed by atoms with Gasteiger partial charge in [0, 0.05) is 17.3 Å². The SMILES string of the molecule is CCc1ccccc1NC(=O)Cc1c(C)c2c(OC)cc3c(c2oc1=O)CCC(C)(C)O3. The van der Waals surface area contributed by atoms with Crippen molar-refractivity contribution in [2.24, 2.45) is 0 Å². The monoisotopic (exact) mass is 435 g/mol. The van der Waals surface area contributed by atoms with Crippen LogP contribution in [0, 0.1) is 6.92 Å². The van der Waals surface area contributed by atoms with E-state index in [0.29, 0.717) is 33.6 Å². The molecule has 0 atom stereocenters. The fourth-order valence-corrected chi connectivity index (χ4v) is 4.35. The summed E-state index contributed by atoms with van der Waals surface area (Å²) < 4.78 is 17.5. The van der Waals surface area contributed by atoms with Gasteiger partial charge in [-0.1, -0.05) is 25.1 Å². The standard InChI is InChI=1S/C26H29NO5/c1-6-16-9-7-8-10-19(16)27-22(28)13-18-15(2)23-21(30-5)14-20-17(24(23)31-25(18)29)11-12-26(3,4)32-20/h7-10,14H,6,11-13H2,1-5H3,(H,27,28). The molecule has 0 bridgehead atoms. The molecule has 6 nitrogen and oxygen atoms in total. The molecule has 4 rings (SSSR count). The summed E-state index contributed by atoms with van der Waals surface area (Å²) in [5, 5.41) is 3.64. The van der Waals surface area contributed by atoms with Crippen LogP contribution in [-0.4, -0.2) is 18.6 Å². The maximum absolute atomic E-state index is 12.9. The van der Waals surface area contributed by atoms with Gasteiger partial charge in [0.05, 0.1) is 24.5 Å². The van der Waals surface area contributed by atoms with Gasteiger partial charge in [0.2, 0.25) is 5.91 Å². The molecule has 0 radical (unpaired) electrons. The average Bonchev–Trinajstić information content (AvgIpc) is 2.75. The van der Waals surface area contributed by atoms with Crippen molar-refractivity contribution in [1.82, 2.24) is 0 Å². The second kappa shape index (κ2) is 8.34. The van der Waals surface area contributed by atoms with Crippen molar-refractivity contribution in [3.8, 4) is 11.5 Å². The number of carbonyl (C=O) groups is 1. The summed E-state index contributed by atoms with van der Waals surface area (Å²) in [4.78, 5) is 25.8. The van der Waals surface area contributed by atoms with Gasteiger partial charge in [-0.2, -0.15) is 0 Å².